The zero-order valence-electron chi connectivity index (χ0n) is 13.6. The van der Waals surface area contributed by atoms with Crippen LogP contribution in [0.2, 0.25) is 0 Å². The molecule has 0 amide bonds. The second kappa shape index (κ2) is 7.49. The first kappa shape index (κ1) is 16.5. The average molecular weight is 343 g/mol. The smallest absolute Gasteiger partial charge is 0.191 e. The fourth-order valence-electron chi connectivity index (χ4n) is 2.21. The highest BCUT2D eigenvalue weighted by Gasteiger charge is 2.11. The molecule has 24 heavy (non-hydrogen) atoms. The van der Waals surface area contributed by atoms with E-state index in [9.17, 15) is 4.39 Å². The second-order valence-corrected chi connectivity index (χ2v) is 6.39. The molecule has 0 bridgehead atoms. The largest absolute Gasteiger partial charge is 0.486 e. The van der Waals surface area contributed by atoms with Crippen molar-refractivity contribution < 1.29 is 9.13 Å². The number of aromatic nitrogens is 3. The van der Waals surface area contributed by atoms with E-state index >= 15 is 0 Å². The number of hydrogen-bond acceptors (Lipinski definition) is 4. The van der Waals surface area contributed by atoms with Gasteiger partial charge >= 0.3 is 0 Å². The van der Waals surface area contributed by atoms with E-state index in [1.165, 1.54) is 17.8 Å². The molecule has 4 nitrogen and oxygen atoms in total. The second-order valence-electron chi connectivity index (χ2n) is 5.44. The first-order valence-electron chi connectivity index (χ1n) is 7.57. The molecule has 2 aromatic carbocycles. The summed E-state index contributed by atoms with van der Waals surface area (Å²) in [6.07, 6.45) is 0. The predicted molar refractivity (Wildman–Crippen MR) is 92.5 cm³/mol. The van der Waals surface area contributed by atoms with Crippen molar-refractivity contribution in [1.29, 1.82) is 0 Å². The van der Waals surface area contributed by atoms with Crippen LogP contribution in [0.1, 0.15) is 17.0 Å². The van der Waals surface area contributed by atoms with E-state index in [1.54, 1.807) is 12.1 Å². The van der Waals surface area contributed by atoms with Crippen molar-refractivity contribution >= 4 is 11.8 Å². The summed E-state index contributed by atoms with van der Waals surface area (Å²) in [6, 6.07) is 14.6. The van der Waals surface area contributed by atoms with Gasteiger partial charge in [0.1, 0.15) is 18.2 Å². The Morgan fingerprint density at radius 1 is 1.12 bits per heavy atom. The minimum atomic E-state index is -0.199. The molecule has 0 saturated heterocycles. The van der Waals surface area contributed by atoms with Crippen LogP contribution in [0.4, 0.5) is 4.39 Å². The van der Waals surface area contributed by atoms with Crippen LogP contribution < -0.4 is 4.74 Å². The van der Waals surface area contributed by atoms with Crippen molar-refractivity contribution in [3.05, 3.63) is 71.3 Å². The van der Waals surface area contributed by atoms with Crippen molar-refractivity contribution in [2.24, 2.45) is 7.05 Å². The Labute approximate surface area is 144 Å². The first-order valence-corrected chi connectivity index (χ1v) is 8.56. The van der Waals surface area contributed by atoms with Crippen molar-refractivity contribution in [2.45, 2.75) is 24.4 Å². The topological polar surface area (TPSA) is 39.9 Å². The molecule has 0 aliphatic carbocycles. The molecule has 1 heterocycles. The van der Waals surface area contributed by atoms with Crippen molar-refractivity contribution in [3.63, 3.8) is 0 Å². The number of thioether (sulfide) groups is 1. The van der Waals surface area contributed by atoms with Gasteiger partial charge in [0, 0.05) is 12.8 Å². The molecule has 0 fully saturated rings. The zero-order chi connectivity index (χ0) is 16.9. The Kier molecular flexibility index (Phi) is 5.15. The maximum atomic E-state index is 13.7. The molecule has 124 valence electrons. The van der Waals surface area contributed by atoms with E-state index < -0.39 is 0 Å². The van der Waals surface area contributed by atoms with Crippen molar-refractivity contribution in [2.75, 3.05) is 0 Å². The SMILES string of the molecule is Cc1cccc(OCc2nnc(SCc3ccccc3F)n2C)c1. The minimum Gasteiger partial charge on any atom is -0.486 e. The third-order valence-electron chi connectivity index (χ3n) is 3.60. The van der Waals surface area contributed by atoms with Gasteiger partial charge in [0.2, 0.25) is 0 Å². The van der Waals surface area contributed by atoms with E-state index in [4.69, 9.17) is 4.74 Å². The quantitative estimate of drug-likeness (QED) is 0.631. The summed E-state index contributed by atoms with van der Waals surface area (Å²) in [5, 5.41) is 9.06. The Morgan fingerprint density at radius 2 is 1.96 bits per heavy atom. The maximum absolute atomic E-state index is 13.7. The Bertz CT molecular complexity index is 835. The molecular weight excluding hydrogens is 325 g/mol. The number of nitrogens with zero attached hydrogens (tertiary/aromatic N) is 3. The van der Waals surface area contributed by atoms with Gasteiger partial charge in [0.25, 0.3) is 0 Å². The molecule has 1 aromatic heterocycles. The minimum absolute atomic E-state index is 0.199. The summed E-state index contributed by atoms with van der Waals surface area (Å²) < 4.78 is 21.3. The van der Waals surface area contributed by atoms with Crippen LogP contribution in [0.15, 0.2) is 53.7 Å². The molecule has 0 aliphatic rings. The molecule has 0 atom stereocenters. The molecular formula is C18H18FN3OS. The third-order valence-corrected chi connectivity index (χ3v) is 4.67. The first-order chi connectivity index (χ1) is 11.6. The summed E-state index contributed by atoms with van der Waals surface area (Å²) in [4.78, 5) is 0. The molecule has 6 heteroatoms. The van der Waals surface area contributed by atoms with Gasteiger partial charge in [-0.25, -0.2) is 4.39 Å². The summed E-state index contributed by atoms with van der Waals surface area (Å²) in [5.41, 5.74) is 1.80. The lowest BCUT2D eigenvalue weighted by Gasteiger charge is -2.07. The van der Waals surface area contributed by atoms with Gasteiger partial charge in [0.15, 0.2) is 11.0 Å². The van der Waals surface area contributed by atoms with Gasteiger partial charge in [-0.15, -0.1) is 10.2 Å². The zero-order valence-corrected chi connectivity index (χ0v) is 14.4. The van der Waals surface area contributed by atoms with E-state index in [2.05, 4.69) is 10.2 Å². The highest BCUT2D eigenvalue weighted by atomic mass is 32.2. The Morgan fingerprint density at radius 3 is 2.75 bits per heavy atom. The molecule has 3 aromatic rings. The van der Waals surface area contributed by atoms with Crippen LogP contribution in [-0.2, 0) is 19.4 Å². The highest BCUT2D eigenvalue weighted by molar-refractivity contribution is 7.98. The van der Waals surface area contributed by atoms with E-state index in [1.807, 2.05) is 48.9 Å². The number of halogens is 1. The van der Waals surface area contributed by atoms with Crippen LogP contribution in [0.3, 0.4) is 0 Å². The Hall–Kier alpha value is -2.34. The normalized spacial score (nSPS) is 10.8. The third kappa shape index (κ3) is 3.94. The number of hydrogen-bond donors (Lipinski definition) is 0. The van der Waals surface area contributed by atoms with E-state index in [-0.39, 0.29) is 5.82 Å². The molecule has 3 rings (SSSR count). The predicted octanol–water partition coefficient (Wildman–Crippen LogP) is 4.13. The number of aryl methyl sites for hydroxylation is 1. The molecule has 0 aliphatic heterocycles. The lowest BCUT2D eigenvalue weighted by molar-refractivity contribution is 0.290. The average Bonchev–Trinajstić information content (AvgIpc) is 2.92. The fraction of sp³-hybridized carbons (Fsp3) is 0.222. The van der Waals surface area contributed by atoms with Crippen LogP contribution >= 0.6 is 11.8 Å². The molecule has 0 spiro atoms. The Balaban J connectivity index is 1.62. The van der Waals surface area contributed by atoms with Crippen LogP contribution in [0.5, 0.6) is 5.75 Å². The molecule has 0 saturated carbocycles. The highest BCUT2D eigenvalue weighted by Crippen LogP contribution is 2.23. The number of rotatable bonds is 6. The van der Waals surface area contributed by atoms with Gasteiger partial charge in [-0.3, -0.25) is 0 Å². The standard InChI is InChI=1S/C18H18FN3OS/c1-13-6-5-8-15(10-13)23-11-17-20-21-18(22(17)2)24-12-14-7-3-4-9-16(14)19/h3-10H,11-12H2,1-2H3. The van der Waals surface area contributed by atoms with Gasteiger partial charge < -0.3 is 9.30 Å². The number of benzene rings is 2. The summed E-state index contributed by atoms with van der Waals surface area (Å²) >= 11 is 1.45. The van der Waals surface area contributed by atoms with E-state index in [0.29, 0.717) is 17.9 Å². The van der Waals surface area contributed by atoms with Gasteiger partial charge in [0.05, 0.1) is 0 Å². The fourth-order valence-corrected chi connectivity index (χ4v) is 3.12. The van der Waals surface area contributed by atoms with Crippen molar-refractivity contribution in [1.82, 2.24) is 14.8 Å². The van der Waals surface area contributed by atoms with Gasteiger partial charge in [-0.05, 0) is 36.2 Å². The van der Waals surface area contributed by atoms with Crippen LogP contribution in [0.25, 0.3) is 0 Å². The monoisotopic (exact) mass is 343 g/mol. The molecule has 0 radical (unpaired) electrons. The maximum Gasteiger partial charge on any atom is 0.191 e. The van der Waals surface area contributed by atoms with Crippen molar-refractivity contribution in [3.8, 4) is 5.75 Å². The summed E-state index contributed by atoms with van der Waals surface area (Å²) in [6.45, 7) is 2.36. The lowest BCUT2D eigenvalue weighted by atomic mass is 10.2. The number of ether oxygens (including phenoxy) is 1. The van der Waals surface area contributed by atoms with Crippen LogP contribution in [-0.4, -0.2) is 14.8 Å². The summed E-state index contributed by atoms with van der Waals surface area (Å²) in [7, 11) is 1.89. The molecule has 0 unspecified atom stereocenters. The summed E-state index contributed by atoms with van der Waals surface area (Å²) in [5.74, 6) is 1.85. The van der Waals surface area contributed by atoms with Crippen LogP contribution in [0, 0.1) is 12.7 Å². The molecule has 0 N–H and O–H groups in total. The van der Waals surface area contributed by atoms with Gasteiger partial charge in [-0.2, -0.15) is 0 Å². The van der Waals surface area contributed by atoms with E-state index in [0.717, 1.165) is 22.3 Å². The van der Waals surface area contributed by atoms with Gasteiger partial charge in [-0.1, -0.05) is 42.1 Å². The lowest BCUT2D eigenvalue weighted by Crippen LogP contribution is -2.04.